The van der Waals surface area contributed by atoms with Crippen LogP contribution < -0.4 is 0 Å². The third-order valence-corrected chi connectivity index (χ3v) is 6.67. The van der Waals surface area contributed by atoms with Gasteiger partial charge < -0.3 is 4.57 Å². The molecule has 0 aliphatic rings. The molecule has 2 heterocycles. The summed E-state index contributed by atoms with van der Waals surface area (Å²) in [7, 11) is 0. The van der Waals surface area contributed by atoms with Crippen LogP contribution in [0.4, 0.5) is 0 Å². The summed E-state index contributed by atoms with van der Waals surface area (Å²) in [6.45, 7) is 2.21. The van der Waals surface area contributed by atoms with Crippen molar-refractivity contribution in [2.75, 3.05) is 0 Å². The van der Waals surface area contributed by atoms with E-state index < -0.39 is 0 Å². The first-order valence-electron chi connectivity index (χ1n) is 10.1. The summed E-state index contributed by atoms with van der Waals surface area (Å²) < 4.78 is 2.10. The predicted octanol–water partition coefficient (Wildman–Crippen LogP) is 7.59. The van der Waals surface area contributed by atoms with Gasteiger partial charge in [-0.3, -0.25) is 0 Å². The average molecular weight is 442 g/mol. The Labute approximate surface area is 190 Å². The fourth-order valence-electron chi connectivity index (χ4n) is 3.74. The minimum Gasteiger partial charge on any atom is -0.301 e. The minimum absolute atomic E-state index is 0.262. The van der Waals surface area contributed by atoms with E-state index in [-0.39, 0.29) is 5.25 Å². The molecule has 0 bridgehead atoms. The quantitative estimate of drug-likeness (QED) is 0.208. The molecule has 2 aromatic heterocycles. The van der Waals surface area contributed by atoms with E-state index in [0.717, 1.165) is 32.9 Å². The summed E-state index contributed by atoms with van der Waals surface area (Å²) in [4.78, 5) is 9.37. The molecule has 0 saturated heterocycles. The number of halogens is 1. The highest BCUT2D eigenvalue weighted by Gasteiger charge is 2.19. The highest BCUT2D eigenvalue weighted by Crippen LogP contribution is 2.41. The van der Waals surface area contributed by atoms with Crippen LogP contribution in [0.5, 0.6) is 0 Å². The van der Waals surface area contributed by atoms with Crippen molar-refractivity contribution in [1.29, 1.82) is 0 Å². The Morgan fingerprint density at radius 1 is 0.871 bits per heavy atom. The van der Waals surface area contributed by atoms with Crippen LogP contribution in [0.25, 0.3) is 27.8 Å². The number of fused-ring (bicyclic) bond motifs is 1. The molecule has 152 valence electrons. The smallest absolute Gasteiger partial charge is 0.149 e. The maximum Gasteiger partial charge on any atom is 0.149 e. The summed E-state index contributed by atoms with van der Waals surface area (Å²) in [5, 5.41) is 2.99. The number of benzene rings is 3. The third-order valence-electron chi connectivity index (χ3n) is 5.28. The fourth-order valence-corrected chi connectivity index (χ4v) is 4.98. The molecule has 0 N–H and O–H groups in total. The molecule has 3 aromatic carbocycles. The molecular weight excluding hydrogens is 422 g/mol. The summed E-state index contributed by atoms with van der Waals surface area (Å²) in [5.41, 5.74) is 5.37. The number of rotatable bonds is 5. The van der Waals surface area contributed by atoms with E-state index in [1.165, 1.54) is 5.56 Å². The molecule has 5 aromatic rings. The van der Waals surface area contributed by atoms with Crippen molar-refractivity contribution in [1.82, 2.24) is 14.5 Å². The van der Waals surface area contributed by atoms with Gasteiger partial charge in [0.05, 0.1) is 5.39 Å². The predicted molar refractivity (Wildman–Crippen MR) is 130 cm³/mol. The lowest BCUT2D eigenvalue weighted by Gasteiger charge is -2.12. The summed E-state index contributed by atoms with van der Waals surface area (Å²) in [6.07, 6.45) is 3.79. The zero-order valence-corrected chi connectivity index (χ0v) is 18.5. The zero-order valence-electron chi connectivity index (χ0n) is 16.9. The van der Waals surface area contributed by atoms with Gasteiger partial charge >= 0.3 is 0 Å². The molecule has 5 rings (SSSR count). The van der Waals surface area contributed by atoms with Gasteiger partial charge in [-0.25, -0.2) is 9.97 Å². The van der Waals surface area contributed by atoms with E-state index in [1.807, 2.05) is 36.4 Å². The van der Waals surface area contributed by atoms with E-state index in [9.17, 15) is 0 Å². The number of aromatic nitrogens is 3. The molecule has 0 amide bonds. The molecule has 3 nitrogen and oxygen atoms in total. The Morgan fingerprint density at radius 3 is 2.35 bits per heavy atom. The van der Waals surface area contributed by atoms with Crippen LogP contribution in [0.15, 0.2) is 102 Å². The molecule has 1 unspecified atom stereocenters. The Hall–Kier alpha value is -3.08. The first-order chi connectivity index (χ1) is 15.2. The van der Waals surface area contributed by atoms with Crippen LogP contribution in [-0.2, 0) is 0 Å². The molecule has 0 fully saturated rings. The van der Waals surface area contributed by atoms with Crippen LogP contribution in [0.3, 0.4) is 0 Å². The van der Waals surface area contributed by atoms with E-state index in [1.54, 1.807) is 18.1 Å². The maximum absolute atomic E-state index is 6.29. The maximum atomic E-state index is 6.29. The van der Waals surface area contributed by atoms with Crippen LogP contribution in [0.1, 0.15) is 17.7 Å². The van der Waals surface area contributed by atoms with Gasteiger partial charge in [0.15, 0.2) is 0 Å². The summed E-state index contributed by atoms with van der Waals surface area (Å²) in [6, 6.07) is 28.7. The van der Waals surface area contributed by atoms with Crippen molar-refractivity contribution in [3.63, 3.8) is 0 Å². The Morgan fingerprint density at radius 2 is 1.61 bits per heavy atom. The third kappa shape index (κ3) is 3.97. The van der Waals surface area contributed by atoms with Gasteiger partial charge in [-0.05, 0) is 36.2 Å². The van der Waals surface area contributed by atoms with Gasteiger partial charge in [0.1, 0.15) is 17.0 Å². The molecule has 1 atom stereocenters. The molecular formula is C26H20ClN3S. The van der Waals surface area contributed by atoms with Gasteiger partial charge in [-0.2, -0.15) is 0 Å². The highest BCUT2D eigenvalue weighted by atomic mass is 35.5. The van der Waals surface area contributed by atoms with E-state index in [2.05, 4.69) is 71.2 Å². The van der Waals surface area contributed by atoms with Gasteiger partial charge in [-0.1, -0.05) is 90.1 Å². The molecule has 31 heavy (non-hydrogen) atoms. The second-order valence-corrected chi connectivity index (χ2v) is 9.07. The molecule has 5 heteroatoms. The lowest BCUT2D eigenvalue weighted by Crippen LogP contribution is -1.96. The molecule has 0 aliphatic carbocycles. The van der Waals surface area contributed by atoms with Crippen molar-refractivity contribution >= 4 is 34.4 Å². The summed E-state index contributed by atoms with van der Waals surface area (Å²) >= 11 is 8.04. The van der Waals surface area contributed by atoms with Gasteiger partial charge in [-0.15, -0.1) is 0 Å². The normalized spacial score (nSPS) is 12.2. The SMILES string of the molecule is CC(Sc1ncnc2c1c(-c1ccccc1)cn2-c1cccc(Cl)c1)c1ccccc1. The summed E-state index contributed by atoms with van der Waals surface area (Å²) in [5.74, 6) is 0. The van der Waals surface area contributed by atoms with Gasteiger partial charge in [0, 0.05) is 27.7 Å². The molecule has 0 aliphatic heterocycles. The minimum atomic E-state index is 0.262. The van der Waals surface area contributed by atoms with Crippen LogP contribution in [0.2, 0.25) is 5.02 Å². The fraction of sp³-hybridized carbons (Fsp3) is 0.0769. The molecule has 0 radical (unpaired) electrons. The standard InChI is InChI=1S/C26H20ClN3S/c1-18(19-9-4-2-5-10-19)31-26-24-23(20-11-6-3-7-12-20)16-30(25(24)28-17-29-26)22-14-8-13-21(27)15-22/h2-18H,1H3. The topological polar surface area (TPSA) is 30.7 Å². The van der Waals surface area contributed by atoms with Crippen molar-refractivity contribution < 1.29 is 0 Å². The van der Waals surface area contributed by atoms with Crippen LogP contribution >= 0.6 is 23.4 Å². The molecule has 0 saturated carbocycles. The van der Waals surface area contributed by atoms with Crippen LogP contribution in [0, 0.1) is 0 Å². The monoisotopic (exact) mass is 441 g/mol. The average Bonchev–Trinajstić information content (AvgIpc) is 3.21. The van der Waals surface area contributed by atoms with E-state index in [4.69, 9.17) is 16.6 Å². The second-order valence-electron chi connectivity index (χ2n) is 7.31. The van der Waals surface area contributed by atoms with Gasteiger partial charge in [0.2, 0.25) is 0 Å². The number of hydrogen-bond donors (Lipinski definition) is 0. The highest BCUT2D eigenvalue weighted by molar-refractivity contribution is 7.99. The van der Waals surface area contributed by atoms with Crippen molar-refractivity contribution in [2.24, 2.45) is 0 Å². The van der Waals surface area contributed by atoms with Gasteiger partial charge in [0.25, 0.3) is 0 Å². The number of thioether (sulfide) groups is 1. The number of hydrogen-bond acceptors (Lipinski definition) is 3. The van der Waals surface area contributed by atoms with E-state index in [0.29, 0.717) is 5.02 Å². The zero-order chi connectivity index (χ0) is 21.2. The largest absolute Gasteiger partial charge is 0.301 e. The lowest BCUT2D eigenvalue weighted by molar-refractivity contribution is 1.03. The first-order valence-corrected chi connectivity index (χ1v) is 11.4. The Balaban J connectivity index is 1.70. The second kappa shape index (κ2) is 8.58. The molecule has 0 spiro atoms. The first kappa shape index (κ1) is 19.9. The lowest BCUT2D eigenvalue weighted by atomic mass is 10.1. The van der Waals surface area contributed by atoms with Crippen LogP contribution in [-0.4, -0.2) is 14.5 Å². The Kier molecular flexibility index (Phi) is 5.49. The number of nitrogens with zero attached hydrogens (tertiary/aromatic N) is 3. The van der Waals surface area contributed by atoms with Crippen molar-refractivity contribution in [3.8, 4) is 16.8 Å². The van der Waals surface area contributed by atoms with Crippen molar-refractivity contribution in [2.45, 2.75) is 17.2 Å². The van der Waals surface area contributed by atoms with Crippen molar-refractivity contribution in [3.05, 3.63) is 108 Å². The Bertz CT molecular complexity index is 1330. The van der Waals surface area contributed by atoms with E-state index >= 15 is 0 Å².